The van der Waals surface area contributed by atoms with Crippen LogP contribution in [0.15, 0.2) is 28.4 Å². The van der Waals surface area contributed by atoms with Crippen LogP contribution in [0.25, 0.3) is 11.3 Å². The zero-order chi connectivity index (χ0) is 14.7. The number of thiazole rings is 1. The van der Waals surface area contributed by atoms with Crippen LogP contribution < -0.4 is 4.87 Å². The first kappa shape index (κ1) is 14.4. The van der Waals surface area contributed by atoms with Crippen molar-refractivity contribution in [1.82, 2.24) is 4.57 Å². The zero-order valence-electron chi connectivity index (χ0n) is 10.3. The number of rotatable bonds is 5. The van der Waals surface area contributed by atoms with Crippen molar-refractivity contribution in [2.75, 3.05) is 0 Å². The van der Waals surface area contributed by atoms with Gasteiger partial charge in [0.1, 0.15) is 11.6 Å². The van der Waals surface area contributed by atoms with Gasteiger partial charge in [-0.25, -0.2) is 8.78 Å². The molecule has 2 rings (SSSR count). The SMILES string of the molecule is O=C(O)CCCn1c(-c2cc(F)cc(F)c2)csc1=O. The van der Waals surface area contributed by atoms with Gasteiger partial charge in [0.25, 0.3) is 0 Å². The maximum Gasteiger partial charge on any atom is 0.307 e. The molecule has 7 heteroatoms. The van der Waals surface area contributed by atoms with Gasteiger partial charge in [-0.1, -0.05) is 11.3 Å². The molecule has 0 aliphatic heterocycles. The molecule has 0 aliphatic rings. The number of aromatic nitrogens is 1. The maximum atomic E-state index is 13.2. The molecule has 0 fully saturated rings. The van der Waals surface area contributed by atoms with Crippen LogP contribution in [0, 0.1) is 11.6 Å². The van der Waals surface area contributed by atoms with Crippen molar-refractivity contribution >= 4 is 17.3 Å². The molecular formula is C13H11F2NO3S. The Labute approximate surface area is 116 Å². The molecule has 2 aromatic rings. The Morgan fingerprint density at radius 2 is 1.90 bits per heavy atom. The van der Waals surface area contributed by atoms with Crippen LogP contribution in [0.1, 0.15) is 12.8 Å². The second kappa shape index (κ2) is 5.96. The van der Waals surface area contributed by atoms with Crippen molar-refractivity contribution in [3.63, 3.8) is 0 Å². The fourth-order valence-electron chi connectivity index (χ4n) is 1.86. The van der Waals surface area contributed by atoms with Gasteiger partial charge in [-0.15, -0.1) is 0 Å². The molecule has 1 heterocycles. The first-order chi connectivity index (χ1) is 9.47. The maximum absolute atomic E-state index is 13.2. The van der Waals surface area contributed by atoms with E-state index in [1.54, 1.807) is 0 Å². The lowest BCUT2D eigenvalue weighted by atomic mass is 10.1. The van der Waals surface area contributed by atoms with E-state index in [-0.39, 0.29) is 29.8 Å². The third-order valence-electron chi connectivity index (χ3n) is 2.71. The number of halogens is 2. The summed E-state index contributed by atoms with van der Waals surface area (Å²) >= 11 is 0.911. The first-order valence-corrected chi connectivity index (χ1v) is 6.72. The summed E-state index contributed by atoms with van der Waals surface area (Å²) in [5, 5.41) is 10.1. The Hall–Kier alpha value is -2.02. The molecule has 0 bridgehead atoms. The van der Waals surface area contributed by atoms with Gasteiger partial charge in [0, 0.05) is 30.0 Å². The van der Waals surface area contributed by atoms with Gasteiger partial charge in [-0.3, -0.25) is 14.2 Å². The van der Waals surface area contributed by atoms with E-state index < -0.39 is 17.6 Å². The van der Waals surface area contributed by atoms with E-state index in [1.165, 1.54) is 9.95 Å². The summed E-state index contributed by atoms with van der Waals surface area (Å²) in [6, 6.07) is 3.03. The average Bonchev–Trinajstić information content (AvgIpc) is 2.69. The fraction of sp³-hybridized carbons (Fsp3) is 0.231. The Morgan fingerprint density at radius 1 is 1.25 bits per heavy atom. The number of carboxylic acids is 1. The summed E-state index contributed by atoms with van der Waals surface area (Å²) in [6.07, 6.45) is 0.204. The van der Waals surface area contributed by atoms with Gasteiger partial charge >= 0.3 is 10.8 Å². The number of nitrogens with zero attached hydrogens (tertiary/aromatic N) is 1. The predicted octanol–water partition coefficient (Wildman–Crippen LogP) is 2.72. The van der Waals surface area contributed by atoms with Crippen LogP contribution in [0.2, 0.25) is 0 Å². The van der Waals surface area contributed by atoms with Gasteiger partial charge in [0.05, 0.1) is 5.69 Å². The van der Waals surface area contributed by atoms with Crippen molar-refractivity contribution in [3.05, 3.63) is 44.9 Å². The van der Waals surface area contributed by atoms with Crippen LogP contribution in [-0.4, -0.2) is 15.6 Å². The minimum atomic E-state index is -0.952. The minimum Gasteiger partial charge on any atom is -0.481 e. The van der Waals surface area contributed by atoms with Gasteiger partial charge in [-0.2, -0.15) is 0 Å². The number of hydrogen-bond acceptors (Lipinski definition) is 3. The first-order valence-electron chi connectivity index (χ1n) is 5.84. The summed E-state index contributed by atoms with van der Waals surface area (Å²) in [5.41, 5.74) is 0.653. The lowest BCUT2D eigenvalue weighted by molar-refractivity contribution is -0.137. The van der Waals surface area contributed by atoms with Crippen molar-refractivity contribution in [2.45, 2.75) is 19.4 Å². The highest BCUT2D eigenvalue weighted by molar-refractivity contribution is 7.07. The monoisotopic (exact) mass is 299 g/mol. The van der Waals surface area contributed by atoms with E-state index in [4.69, 9.17) is 5.11 Å². The quantitative estimate of drug-likeness (QED) is 0.923. The highest BCUT2D eigenvalue weighted by Gasteiger charge is 2.11. The average molecular weight is 299 g/mol. The third-order valence-corrected chi connectivity index (χ3v) is 3.48. The standard InChI is InChI=1S/C13H11F2NO3S/c14-9-4-8(5-10(15)6-9)11-7-20-13(19)16(11)3-1-2-12(17)18/h4-7H,1-3H2,(H,17,18). The number of hydrogen-bond donors (Lipinski definition) is 1. The highest BCUT2D eigenvalue weighted by Crippen LogP contribution is 2.22. The molecule has 1 N–H and O–H groups in total. The van der Waals surface area contributed by atoms with E-state index >= 15 is 0 Å². The van der Waals surface area contributed by atoms with E-state index in [1.807, 2.05) is 0 Å². The van der Waals surface area contributed by atoms with Gasteiger partial charge < -0.3 is 5.11 Å². The molecule has 1 aromatic heterocycles. The summed E-state index contributed by atoms with van der Waals surface area (Å²) < 4.78 is 27.8. The smallest absolute Gasteiger partial charge is 0.307 e. The zero-order valence-corrected chi connectivity index (χ0v) is 11.1. The number of carbonyl (C=O) groups is 1. The molecule has 106 valence electrons. The van der Waals surface area contributed by atoms with E-state index in [0.29, 0.717) is 5.69 Å². The Balaban J connectivity index is 2.32. The molecule has 0 atom stereocenters. The van der Waals surface area contributed by atoms with Crippen molar-refractivity contribution < 1.29 is 18.7 Å². The van der Waals surface area contributed by atoms with E-state index in [0.717, 1.165) is 29.5 Å². The van der Waals surface area contributed by atoms with Crippen molar-refractivity contribution in [2.24, 2.45) is 0 Å². The summed E-state index contributed by atoms with van der Waals surface area (Å²) in [5.74, 6) is -2.40. The second-order valence-corrected chi connectivity index (χ2v) is 5.01. The van der Waals surface area contributed by atoms with Crippen LogP contribution in [0.3, 0.4) is 0 Å². The minimum absolute atomic E-state index is 0.0702. The molecule has 20 heavy (non-hydrogen) atoms. The van der Waals surface area contributed by atoms with Gasteiger partial charge in [0.2, 0.25) is 0 Å². The van der Waals surface area contributed by atoms with Crippen molar-refractivity contribution in [3.8, 4) is 11.3 Å². The molecular weight excluding hydrogens is 288 g/mol. The molecule has 0 unspecified atom stereocenters. The van der Waals surface area contributed by atoms with Crippen LogP contribution in [0.4, 0.5) is 8.78 Å². The molecule has 0 radical (unpaired) electrons. The summed E-state index contributed by atoms with van der Waals surface area (Å²) in [7, 11) is 0. The molecule has 0 aliphatic carbocycles. The Bertz CT molecular complexity index is 673. The Morgan fingerprint density at radius 3 is 2.50 bits per heavy atom. The predicted molar refractivity (Wildman–Crippen MR) is 70.8 cm³/mol. The molecule has 0 amide bonds. The number of aliphatic carboxylic acids is 1. The van der Waals surface area contributed by atoms with E-state index in [2.05, 4.69) is 0 Å². The highest BCUT2D eigenvalue weighted by atomic mass is 32.1. The van der Waals surface area contributed by atoms with Crippen LogP contribution >= 0.6 is 11.3 Å². The fourth-order valence-corrected chi connectivity index (χ4v) is 2.65. The molecule has 4 nitrogen and oxygen atoms in total. The topological polar surface area (TPSA) is 59.3 Å². The Kier molecular flexibility index (Phi) is 4.29. The van der Waals surface area contributed by atoms with E-state index in [9.17, 15) is 18.4 Å². The lowest BCUT2D eigenvalue weighted by Crippen LogP contribution is -2.15. The molecule has 0 saturated heterocycles. The van der Waals surface area contributed by atoms with Crippen LogP contribution in [0.5, 0.6) is 0 Å². The number of carboxylic acid groups (broad SMARTS) is 1. The molecule has 1 aromatic carbocycles. The normalized spacial score (nSPS) is 10.7. The second-order valence-electron chi connectivity index (χ2n) is 4.19. The number of benzene rings is 1. The summed E-state index contributed by atoms with van der Waals surface area (Å²) in [6.45, 7) is 0.197. The molecule has 0 spiro atoms. The summed E-state index contributed by atoms with van der Waals surface area (Å²) in [4.78, 5) is 21.9. The van der Waals surface area contributed by atoms with Crippen molar-refractivity contribution in [1.29, 1.82) is 0 Å². The third kappa shape index (κ3) is 3.30. The van der Waals surface area contributed by atoms with Gasteiger partial charge in [0.15, 0.2) is 0 Å². The molecule has 0 saturated carbocycles. The largest absolute Gasteiger partial charge is 0.481 e. The lowest BCUT2D eigenvalue weighted by Gasteiger charge is -2.07. The van der Waals surface area contributed by atoms with Gasteiger partial charge in [-0.05, 0) is 18.6 Å². The van der Waals surface area contributed by atoms with Crippen LogP contribution in [-0.2, 0) is 11.3 Å².